The molecule has 3 heterocycles. The molecule has 0 bridgehead atoms. The van der Waals surface area contributed by atoms with Crippen molar-refractivity contribution in [1.29, 1.82) is 0 Å². The van der Waals surface area contributed by atoms with E-state index in [0.717, 1.165) is 44.8 Å². The zero-order chi connectivity index (χ0) is 15.0. The molecule has 1 aromatic carbocycles. The van der Waals surface area contributed by atoms with Crippen molar-refractivity contribution in [1.82, 2.24) is 10.2 Å². The predicted octanol–water partition coefficient (Wildman–Crippen LogP) is 1.85. The molecule has 0 aromatic heterocycles. The van der Waals surface area contributed by atoms with Crippen LogP contribution in [0.15, 0.2) is 24.3 Å². The quantitative estimate of drug-likeness (QED) is 0.849. The van der Waals surface area contributed by atoms with Crippen LogP contribution < -0.4 is 14.8 Å². The molecule has 2 fully saturated rings. The summed E-state index contributed by atoms with van der Waals surface area (Å²) in [7, 11) is 0. The van der Waals surface area contributed by atoms with E-state index in [-0.39, 0.29) is 18.3 Å². The third-order valence-electron chi connectivity index (χ3n) is 5.25. The second-order valence-corrected chi connectivity index (χ2v) is 6.62. The van der Waals surface area contributed by atoms with E-state index in [1.54, 1.807) is 0 Å². The summed E-state index contributed by atoms with van der Waals surface area (Å²) in [4.78, 5) is 14.6. The molecule has 6 heteroatoms. The maximum absolute atomic E-state index is 12.7. The van der Waals surface area contributed by atoms with Crippen molar-refractivity contribution in [2.75, 3.05) is 32.8 Å². The Morgan fingerprint density at radius 1 is 1.17 bits per heavy atom. The molecule has 0 aliphatic carbocycles. The van der Waals surface area contributed by atoms with Gasteiger partial charge in [0.2, 0.25) is 6.10 Å². The molecule has 1 aromatic rings. The van der Waals surface area contributed by atoms with E-state index >= 15 is 0 Å². The lowest BCUT2D eigenvalue weighted by molar-refractivity contribution is -0.143. The lowest BCUT2D eigenvalue weighted by Gasteiger charge is -2.40. The largest absolute Gasteiger partial charge is 0.485 e. The first-order valence-corrected chi connectivity index (χ1v) is 8.14. The number of para-hydroxylation sites is 2. The second-order valence-electron chi connectivity index (χ2n) is 6.62. The van der Waals surface area contributed by atoms with Crippen LogP contribution in [0.4, 0.5) is 0 Å². The predicted molar refractivity (Wildman–Crippen MR) is 89.3 cm³/mol. The van der Waals surface area contributed by atoms with Crippen molar-refractivity contribution in [3.8, 4) is 11.5 Å². The van der Waals surface area contributed by atoms with Crippen molar-refractivity contribution >= 4 is 18.3 Å². The molecule has 0 saturated carbocycles. The summed E-state index contributed by atoms with van der Waals surface area (Å²) < 4.78 is 11.5. The highest BCUT2D eigenvalue weighted by molar-refractivity contribution is 5.85. The van der Waals surface area contributed by atoms with Crippen LogP contribution in [0.2, 0.25) is 0 Å². The molecule has 5 nitrogen and oxygen atoms in total. The maximum atomic E-state index is 12.7. The van der Waals surface area contributed by atoms with E-state index in [1.807, 2.05) is 29.2 Å². The Morgan fingerprint density at radius 2 is 1.91 bits per heavy atom. The zero-order valence-electron chi connectivity index (χ0n) is 13.1. The van der Waals surface area contributed by atoms with Gasteiger partial charge in [-0.3, -0.25) is 4.79 Å². The molecular formula is C17H23ClN2O3. The van der Waals surface area contributed by atoms with Crippen molar-refractivity contribution < 1.29 is 14.3 Å². The monoisotopic (exact) mass is 338 g/mol. The van der Waals surface area contributed by atoms with Gasteiger partial charge in [0, 0.05) is 19.6 Å². The normalized spacial score (nSPS) is 25.0. The third-order valence-corrected chi connectivity index (χ3v) is 5.25. The lowest BCUT2D eigenvalue weighted by Crippen LogP contribution is -2.51. The van der Waals surface area contributed by atoms with Gasteiger partial charge in [-0.15, -0.1) is 12.4 Å². The van der Waals surface area contributed by atoms with Gasteiger partial charge in [0.25, 0.3) is 5.91 Å². The molecule has 1 spiro atoms. The van der Waals surface area contributed by atoms with Crippen LogP contribution in [0.25, 0.3) is 0 Å². The number of amides is 1. The second kappa shape index (κ2) is 6.57. The number of likely N-dealkylation sites (tertiary alicyclic amines) is 1. The van der Waals surface area contributed by atoms with Crippen LogP contribution in [0.5, 0.6) is 11.5 Å². The van der Waals surface area contributed by atoms with Gasteiger partial charge in [-0.05, 0) is 43.4 Å². The maximum Gasteiger partial charge on any atom is 0.267 e. The highest BCUT2D eigenvalue weighted by Gasteiger charge is 2.40. The molecule has 1 amide bonds. The van der Waals surface area contributed by atoms with Gasteiger partial charge in [-0.2, -0.15) is 0 Å². The van der Waals surface area contributed by atoms with Crippen molar-refractivity contribution in [2.24, 2.45) is 5.41 Å². The Bertz CT molecular complexity index is 565. The van der Waals surface area contributed by atoms with Crippen LogP contribution in [0.1, 0.15) is 19.3 Å². The first-order chi connectivity index (χ1) is 10.8. The number of ether oxygens (including phenoxy) is 2. The van der Waals surface area contributed by atoms with E-state index in [2.05, 4.69) is 5.32 Å². The molecular weight excluding hydrogens is 316 g/mol. The summed E-state index contributed by atoms with van der Waals surface area (Å²) in [5.74, 6) is 1.46. The number of hydrogen-bond donors (Lipinski definition) is 1. The van der Waals surface area contributed by atoms with Gasteiger partial charge in [0.1, 0.15) is 6.61 Å². The number of nitrogens with one attached hydrogen (secondary N) is 1. The van der Waals surface area contributed by atoms with Gasteiger partial charge in [0.05, 0.1) is 0 Å². The molecule has 1 N–H and O–H groups in total. The van der Waals surface area contributed by atoms with Crippen LogP contribution in [-0.4, -0.2) is 49.7 Å². The summed E-state index contributed by atoms with van der Waals surface area (Å²) in [5.41, 5.74) is 0.424. The van der Waals surface area contributed by atoms with Gasteiger partial charge in [-0.25, -0.2) is 0 Å². The Labute approximate surface area is 142 Å². The van der Waals surface area contributed by atoms with Crippen LogP contribution in [-0.2, 0) is 4.79 Å². The Morgan fingerprint density at radius 3 is 2.61 bits per heavy atom. The average Bonchev–Trinajstić information content (AvgIpc) is 3.02. The number of piperidine rings is 1. The minimum Gasteiger partial charge on any atom is -0.485 e. The molecule has 2 saturated heterocycles. The summed E-state index contributed by atoms with van der Waals surface area (Å²) in [5, 5.41) is 3.45. The Hall–Kier alpha value is -1.46. The molecule has 1 atom stereocenters. The average molecular weight is 339 g/mol. The van der Waals surface area contributed by atoms with Gasteiger partial charge < -0.3 is 19.7 Å². The molecule has 0 radical (unpaired) electrons. The first kappa shape index (κ1) is 16.4. The van der Waals surface area contributed by atoms with E-state index in [9.17, 15) is 4.79 Å². The van der Waals surface area contributed by atoms with Crippen LogP contribution in [0.3, 0.4) is 0 Å². The Kier molecular flexibility index (Phi) is 4.69. The van der Waals surface area contributed by atoms with E-state index in [4.69, 9.17) is 9.47 Å². The molecule has 3 aliphatic heterocycles. The number of hydrogen-bond acceptors (Lipinski definition) is 4. The van der Waals surface area contributed by atoms with Gasteiger partial charge in [-0.1, -0.05) is 12.1 Å². The highest BCUT2D eigenvalue weighted by Crippen LogP contribution is 2.37. The van der Waals surface area contributed by atoms with Crippen molar-refractivity contribution in [3.05, 3.63) is 24.3 Å². The molecule has 1 unspecified atom stereocenters. The van der Waals surface area contributed by atoms with Crippen molar-refractivity contribution in [2.45, 2.75) is 25.4 Å². The summed E-state index contributed by atoms with van der Waals surface area (Å²) in [6.45, 7) is 4.19. The molecule has 23 heavy (non-hydrogen) atoms. The number of carbonyl (C=O) groups excluding carboxylic acids is 1. The first-order valence-electron chi connectivity index (χ1n) is 8.14. The number of fused-ring (bicyclic) bond motifs is 1. The number of benzene rings is 1. The lowest BCUT2D eigenvalue weighted by atomic mass is 9.78. The SMILES string of the molecule is Cl.O=C(C1COc2ccccc2O1)N1CCC2(CCNC2)CC1. The van der Waals surface area contributed by atoms with E-state index < -0.39 is 6.10 Å². The molecule has 126 valence electrons. The summed E-state index contributed by atoms with van der Waals surface area (Å²) >= 11 is 0. The summed E-state index contributed by atoms with van der Waals surface area (Å²) in [6.07, 6.45) is 2.92. The zero-order valence-corrected chi connectivity index (χ0v) is 13.9. The minimum absolute atomic E-state index is 0. The van der Waals surface area contributed by atoms with E-state index in [0.29, 0.717) is 17.8 Å². The molecule has 4 rings (SSSR count). The number of carbonyl (C=O) groups is 1. The van der Waals surface area contributed by atoms with Gasteiger partial charge in [0.15, 0.2) is 11.5 Å². The number of nitrogens with zero attached hydrogens (tertiary/aromatic N) is 1. The van der Waals surface area contributed by atoms with Crippen LogP contribution >= 0.6 is 12.4 Å². The van der Waals surface area contributed by atoms with Crippen LogP contribution in [0, 0.1) is 5.41 Å². The molecule has 3 aliphatic rings. The van der Waals surface area contributed by atoms with Crippen molar-refractivity contribution in [3.63, 3.8) is 0 Å². The minimum atomic E-state index is -0.509. The fraction of sp³-hybridized carbons (Fsp3) is 0.588. The smallest absolute Gasteiger partial charge is 0.267 e. The standard InChI is InChI=1S/C17H22N2O3.ClH/c20-16(15-11-21-13-3-1-2-4-14(13)22-15)19-9-6-17(7-10-19)5-8-18-12-17;/h1-4,15,18H,5-12H2;1H. The third kappa shape index (κ3) is 3.12. The summed E-state index contributed by atoms with van der Waals surface area (Å²) in [6, 6.07) is 7.52. The number of rotatable bonds is 1. The highest BCUT2D eigenvalue weighted by atomic mass is 35.5. The Balaban J connectivity index is 0.00000156. The van der Waals surface area contributed by atoms with Gasteiger partial charge >= 0.3 is 0 Å². The number of halogens is 1. The fourth-order valence-electron chi connectivity index (χ4n) is 3.77. The topological polar surface area (TPSA) is 50.8 Å². The van der Waals surface area contributed by atoms with E-state index in [1.165, 1.54) is 6.42 Å². The fourth-order valence-corrected chi connectivity index (χ4v) is 3.77.